The minimum absolute atomic E-state index is 0.0827. The van der Waals surface area contributed by atoms with Crippen LogP contribution in [0.1, 0.15) is 6.92 Å². The highest BCUT2D eigenvalue weighted by atomic mass is 16.7. The van der Waals surface area contributed by atoms with Crippen molar-refractivity contribution >= 4 is 17.3 Å². The number of fused-ring (bicyclic) bond motifs is 1. The van der Waals surface area contributed by atoms with E-state index in [2.05, 4.69) is 5.32 Å². The molecule has 3 aromatic carbocycles. The normalized spacial score (nSPS) is 12.7. The van der Waals surface area contributed by atoms with Crippen molar-refractivity contribution in [3.63, 3.8) is 0 Å². The Hall–Kier alpha value is -4.27. The van der Waals surface area contributed by atoms with Crippen LogP contribution in [0.15, 0.2) is 60.7 Å². The zero-order valence-corrected chi connectivity index (χ0v) is 17.4. The van der Waals surface area contributed by atoms with E-state index in [-0.39, 0.29) is 18.4 Å². The van der Waals surface area contributed by atoms with Gasteiger partial charge in [-0.15, -0.1) is 0 Å². The second kappa shape index (κ2) is 8.84. The van der Waals surface area contributed by atoms with Gasteiger partial charge in [-0.3, -0.25) is 14.9 Å². The molecule has 0 fully saturated rings. The second-order valence-corrected chi connectivity index (χ2v) is 6.98. The summed E-state index contributed by atoms with van der Waals surface area (Å²) in [6.07, 6.45) is -0.876. The van der Waals surface area contributed by atoms with E-state index in [1.807, 2.05) is 0 Å². The number of rotatable bonds is 7. The number of ether oxygens (including phenoxy) is 4. The maximum atomic E-state index is 12.7. The number of hydrogen-bond acceptors (Lipinski definition) is 7. The smallest absolute Gasteiger partial charge is 0.270 e. The second-order valence-electron chi connectivity index (χ2n) is 6.98. The monoisotopic (exact) mass is 436 g/mol. The molecule has 1 aliphatic rings. The van der Waals surface area contributed by atoms with Crippen molar-refractivity contribution < 1.29 is 28.7 Å². The van der Waals surface area contributed by atoms with E-state index in [1.54, 1.807) is 56.5 Å². The van der Waals surface area contributed by atoms with Gasteiger partial charge in [-0.2, -0.15) is 0 Å². The molecule has 0 unspecified atom stereocenters. The van der Waals surface area contributed by atoms with Crippen molar-refractivity contribution in [2.24, 2.45) is 0 Å². The Balaban J connectivity index is 1.55. The molecular weight excluding hydrogens is 416 g/mol. The summed E-state index contributed by atoms with van der Waals surface area (Å²) in [5.41, 5.74) is 1.63. The highest BCUT2D eigenvalue weighted by Gasteiger charge is 2.21. The van der Waals surface area contributed by atoms with Gasteiger partial charge in [0.1, 0.15) is 11.5 Å². The summed E-state index contributed by atoms with van der Waals surface area (Å²) in [6.45, 7) is 1.74. The first-order valence-electron chi connectivity index (χ1n) is 9.74. The number of carbonyl (C=O) groups is 1. The Morgan fingerprint density at radius 3 is 2.53 bits per heavy atom. The summed E-state index contributed by atoms with van der Waals surface area (Å²) in [4.78, 5) is 23.5. The molecule has 1 N–H and O–H groups in total. The van der Waals surface area contributed by atoms with Gasteiger partial charge >= 0.3 is 0 Å². The number of hydrogen-bond donors (Lipinski definition) is 1. The van der Waals surface area contributed by atoms with Crippen LogP contribution in [0.4, 0.5) is 11.4 Å². The van der Waals surface area contributed by atoms with E-state index in [0.717, 1.165) is 0 Å². The highest BCUT2D eigenvalue weighted by Crippen LogP contribution is 2.36. The van der Waals surface area contributed by atoms with Crippen LogP contribution in [-0.2, 0) is 4.79 Å². The topological polar surface area (TPSA) is 109 Å². The third kappa shape index (κ3) is 4.41. The van der Waals surface area contributed by atoms with Crippen molar-refractivity contribution in [2.75, 3.05) is 19.2 Å². The molecule has 3 aromatic rings. The van der Waals surface area contributed by atoms with E-state index in [4.69, 9.17) is 18.9 Å². The minimum atomic E-state index is -0.876. The maximum Gasteiger partial charge on any atom is 0.270 e. The molecule has 0 saturated carbocycles. The number of nitro benzene ring substituents is 1. The number of methoxy groups -OCH3 is 1. The van der Waals surface area contributed by atoms with Crippen LogP contribution in [0.2, 0.25) is 0 Å². The van der Waals surface area contributed by atoms with Gasteiger partial charge in [-0.1, -0.05) is 12.1 Å². The lowest BCUT2D eigenvalue weighted by molar-refractivity contribution is -0.384. The first kappa shape index (κ1) is 21.0. The van der Waals surface area contributed by atoms with Gasteiger partial charge in [-0.05, 0) is 42.8 Å². The number of amides is 1. The van der Waals surface area contributed by atoms with E-state index in [1.165, 1.54) is 18.2 Å². The zero-order chi connectivity index (χ0) is 22.7. The van der Waals surface area contributed by atoms with Crippen molar-refractivity contribution in [1.82, 2.24) is 0 Å². The number of carbonyl (C=O) groups excluding carboxylic acids is 1. The molecule has 9 nitrogen and oxygen atoms in total. The molecule has 32 heavy (non-hydrogen) atoms. The molecule has 0 saturated heterocycles. The Labute approximate surface area is 183 Å². The largest absolute Gasteiger partial charge is 0.497 e. The van der Waals surface area contributed by atoms with E-state index in [0.29, 0.717) is 39.8 Å². The molecule has 9 heteroatoms. The number of nitrogens with zero attached hydrogens (tertiary/aromatic N) is 1. The number of benzene rings is 3. The number of nitro groups is 1. The molecule has 0 aromatic heterocycles. The standard InChI is InChI=1S/C23H20N2O7/c1-14(23(26)24-16-5-9-21-22(11-16)31-13-30-21)32-20-10-6-17(25(27)28)12-19(20)15-3-7-18(29-2)8-4-15/h3-12,14H,13H2,1-2H3,(H,24,26)/t14-/m0/s1. The van der Waals surface area contributed by atoms with Crippen LogP contribution in [0, 0.1) is 10.1 Å². The lowest BCUT2D eigenvalue weighted by atomic mass is 10.0. The fourth-order valence-corrected chi connectivity index (χ4v) is 3.19. The van der Waals surface area contributed by atoms with Crippen molar-refractivity contribution in [2.45, 2.75) is 13.0 Å². The molecule has 4 rings (SSSR count). The minimum Gasteiger partial charge on any atom is -0.497 e. The summed E-state index contributed by atoms with van der Waals surface area (Å²) in [7, 11) is 1.55. The van der Waals surface area contributed by atoms with Gasteiger partial charge in [0.25, 0.3) is 11.6 Å². The molecule has 0 aliphatic carbocycles. The number of anilines is 1. The Morgan fingerprint density at radius 1 is 1.06 bits per heavy atom. The molecule has 1 amide bonds. The summed E-state index contributed by atoms with van der Waals surface area (Å²) >= 11 is 0. The third-order valence-corrected chi connectivity index (χ3v) is 4.89. The van der Waals surface area contributed by atoms with Gasteiger partial charge in [-0.25, -0.2) is 0 Å². The lowest BCUT2D eigenvalue weighted by Crippen LogP contribution is -2.30. The van der Waals surface area contributed by atoms with Gasteiger partial charge in [0.2, 0.25) is 6.79 Å². The lowest BCUT2D eigenvalue weighted by Gasteiger charge is -2.18. The summed E-state index contributed by atoms with van der Waals surface area (Å²) in [5, 5.41) is 14.0. The van der Waals surface area contributed by atoms with Crippen LogP contribution in [0.3, 0.4) is 0 Å². The molecule has 1 aliphatic heterocycles. The first-order chi connectivity index (χ1) is 15.4. The number of non-ortho nitro benzene ring substituents is 1. The third-order valence-electron chi connectivity index (χ3n) is 4.89. The van der Waals surface area contributed by atoms with Crippen LogP contribution in [0.25, 0.3) is 11.1 Å². The number of nitrogens with one attached hydrogen (secondary N) is 1. The van der Waals surface area contributed by atoms with Crippen molar-refractivity contribution in [3.8, 4) is 34.1 Å². The fraction of sp³-hybridized carbons (Fsp3) is 0.174. The van der Waals surface area contributed by atoms with Gasteiger partial charge < -0.3 is 24.3 Å². The van der Waals surface area contributed by atoms with E-state index >= 15 is 0 Å². The molecule has 1 heterocycles. The first-order valence-corrected chi connectivity index (χ1v) is 9.74. The quantitative estimate of drug-likeness (QED) is 0.432. The maximum absolute atomic E-state index is 12.7. The summed E-state index contributed by atoms with van der Waals surface area (Å²) in [6, 6.07) is 16.3. The molecule has 0 bridgehead atoms. The van der Waals surface area contributed by atoms with E-state index < -0.39 is 11.0 Å². The van der Waals surface area contributed by atoms with Crippen LogP contribution >= 0.6 is 0 Å². The highest BCUT2D eigenvalue weighted by molar-refractivity contribution is 5.94. The summed E-state index contributed by atoms with van der Waals surface area (Å²) < 4.78 is 21.6. The average molecular weight is 436 g/mol. The van der Waals surface area contributed by atoms with Gasteiger partial charge in [0.05, 0.1) is 12.0 Å². The van der Waals surface area contributed by atoms with Crippen LogP contribution in [0.5, 0.6) is 23.0 Å². The van der Waals surface area contributed by atoms with Crippen molar-refractivity contribution in [1.29, 1.82) is 0 Å². The predicted octanol–water partition coefficient (Wildman–Crippen LogP) is 4.41. The zero-order valence-electron chi connectivity index (χ0n) is 17.4. The van der Waals surface area contributed by atoms with Gasteiger partial charge in [0, 0.05) is 29.4 Å². The molecule has 0 spiro atoms. The van der Waals surface area contributed by atoms with Gasteiger partial charge in [0.15, 0.2) is 17.6 Å². The van der Waals surface area contributed by atoms with E-state index in [9.17, 15) is 14.9 Å². The van der Waals surface area contributed by atoms with Crippen LogP contribution < -0.4 is 24.3 Å². The Kier molecular flexibility index (Phi) is 5.80. The predicted molar refractivity (Wildman–Crippen MR) is 116 cm³/mol. The van der Waals surface area contributed by atoms with Crippen LogP contribution in [-0.4, -0.2) is 30.8 Å². The fourth-order valence-electron chi connectivity index (χ4n) is 3.19. The Bertz CT molecular complexity index is 1160. The molecule has 1 atom stereocenters. The van der Waals surface area contributed by atoms with Crippen molar-refractivity contribution in [3.05, 3.63) is 70.8 Å². The molecule has 164 valence electrons. The average Bonchev–Trinajstić information content (AvgIpc) is 3.27. The molecular formula is C23H20N2O7. The SMILES string of the molecule is COc1ccc(-c2cc([N+](=O)[O-])ccc2O[C@@H](C)C(=O)Nc2ccc3c(c2)OCO3)cc1. The summed E-state index contributed by atoms with van der Waals surface area (Å²) in [5.74, 6) is 1.77. The Morgan fingerprint density at radius 2 is 1.81 bits per heavy atom. The molecule has 0 radical (unpaired) electrons.